The molecule has 0 aliphatic heterocycles. The van der Waals surface area contributed by atoms with Gasteiger partial charge in [-0.1, -0.05) is 30.7 Å². The number of anilines is 1. The normalized spacial score (nSPS) is 17.1. The molecule has 3 rings (SSSR count). The lowest BCUT2D eigenvalue weighted by molar-refractivity contribution is 0.0954. The lowest BCUT2D eigenvalue weighted by atomic mass is 9.90. The Hall–Kier alpha value is -2.38. The van der Waals surface area contributed by atoms with Gasteiger partial charge in [0.1, 0.15) is 0 Å². The Morgan fingerprint density at radius 2 is 1.82 bits per heavy atom. The third-order valence-corrected chi connectivity index (χ3v) is 6.26. The summed E-state index contributed by atoms with van der Waals surface area (Å²) in [5, 5.41) is 4.62. The van der Waals surface area contributed by atoms with Crippen LogP contribution in [0.3, 0.4) is 0 Å². The van der Waals surface area contributed by atoms with Gasteiger partial charge in [0.05, 0.1) is 10.6 Å². The predicted molar refractivity (Wildman–Crippen MR) is 111 cm³/mol. The minimum Gasteiger partial charge on any atom is -0.280 e. The van der Waals surface area contributed by atoms with Gasteiger partial charge in [-0.25, -0.2) is 13.8 Å². The number of nitrogens with one attached hydrogen (secondary N) is 2. The monoisotopic (exact) mass is 419 g/mol. The van der Waals surface area contributed by atoms with Crippen molar-refractivity contribution in [1.82, 2.24) is 5.43 Å². The second-order valence-electron chi connectivity index (χ2n) is 6.95. The molecule has 8 heteroatoms. The summed E-state index contributed by atoms with van der Waals surface area (Å²) in [6.45, 7) is 2.21. The van der Waals surface area contributed by atoms with Crippen molar-refractivity contribution in [2.75, 3.05) is 4.72 Å². The first-order valence-corrected chi connectivity index (χ1v) is 10.9. The fourth-order valence-electron chi connectivity index (χ4n) is 2.97. The minimum absolute atomic E-state index is 0.0146. The summed E-state index contributed by atoms with van der Waals surface area (Å²) in [5.41, 5.74) is 4.08. The summed E-state index contributed by atoms with van der Waals surface area (Å²) in [4.78, 5) is 12.4. The molecule has 6 nitrogen and oxygen atoms in total. The first-order chi connectivity index (χ1) is 13.3. The van der Waals surface area contributed by atoms with E-state index in [1.54, 1.807) is 24.3 Å². The number of sulfonamides is 1. The number of hydrogen-bond acceptors (Lipinski definition) is 4. The second-order valence-corrected chi connectivity index (χ2v) is 9.06. The molecule has 0 heterocycles. The van der Waals surface area contributed by atoms with Crippen LogP contribution in [0.5, 0.6) is 0 Å². The molecule has 0 spiro atoms. The zero-order chi connectivity index (χ0) is 20.1. The van der Waals surface area contributed by atoms with Crippen LogP contribution in [-0.4, -0.2) is 20.0 Å². The molecular weight excluding hydrogens is 398 g/mol. The van der Waals surface area contributed by atoms with Crippen molar-refractivity contribution in [3.8, 4) is 0 Å². The Morgan fingerprint density at radius 3 is 2.54 bits per heavy atom. The van der Waals surface area contributed by atoms with Crippen LogP contribution in [0.1, 0.15) is 43.0 Å². The summed E-state index contributed by atoms with van der Waals surface area (Å²) in [6.07, 6.45) is 3.88. The van der Waals surface area contributed by atoms with Gasteiger partial charge in [-0.05, 0) is 68.0 Å². The van der Waals surface area contributed by atoms with Gasteiger partial charge in [-0.3, -0.25) is 9.52 Å². The highest BCUT2D eigenvalue weighted by Gasteiger charge is 2.17. The lowest BCUT2D eigenvalue weighted by Gasteiger charge is -2.18. The van der Waals surface area contributed by atoms with Crippen molar-refractivity contribution in [1.29, 1.82) is 0 Å². The van der Waals surface area contributed by atoms with Crippen LogP contribution >= 0.6 is 11.6 Å². The van der Waals surface area contributed by atoms with Crippen LogP contribution < -0.4 is 10.1 Å². The maximum absolute atomic E-state index is 12.6. The number of carbonyl (C=O) groups is 1. The van der Waals surface area contributed by atoms with E-state index in [0.29, 0.717) is 16.6 Å². The van der Waals surface area contributed by atoms with E-state index in [1.807, 2.05) is 0 Å². The van der Waals surface area contributed by atoms with Gasteiger partial charge in [0.25, 0.3) is 15.9 Å². The summed E-state index contributed by atoms with van der Waals surface area (Å²) in [5.74, 6) is 0.245. The van der Waals surface area contributed by atoms with Crippen LogP contribution in [0.4, 0.5) is 5.69 Å². The molecule has 1 fully saturated rings. The molecule has 1 aliphatic rings. The van der Waals surface area contributed by atoms with Crippen molar-refractivity contribution in [3.05, 3.63) is 59.1 Å². The second kappa shape index (κ2) is 8.75. The maximum atomic E-state index is 12.6. The average Bonchev–Trinajstić information content (AvgIpc) is 2.67. The third-order valence-electron chi connectivity index (χ3n) is 4.65. The van der Waals surface area contributed by atoms with E-state index in [2.05, 4.69) is 22.2 Å². The molecule has 1 amide bonds. The van der Waals surface area contributed by atoms with Crippen LogP contribution in [0, 0.1) is 5.92 Å². The third kappa shape index (κ3) is 5.33. The molecule has 0 saturated heterocycles. The number of amides is 1. The SMILES string of the molecule is CC1CCC(=NNC(=O)c2cccc(S(=O)(=O)Nc3cccc(Cl)c3)c2)CC1. The molecule has 2 aromatic carbocycles. The van der Waals surface area contributed by atoms with Crippen LogP contribution in [0.15, 0.2) is 58.5 Å². The van der Waals surface area contributed by atoms with E-state index < -0.39 is 15.9 Å². The van der Waals surface area contributed by atoms with Crippen molar-refractivity contribution in [2.24, 2.45) is 11.0 Å². The van der Waals surface area contributed by atoms with Gasteiger partial charge in [-0.15, -0.1) is 0 Å². The highest BCUT2D eigenvalue weighted by molar-refractivity contribution is 7.92. The molecule has 28 heavy (non-hydrogen) atoms. The Morgan fingerprint density at radius 1 is 1.11 bits per heavy atom. The van der Waals surface area contributed by atoms with Gasteiger partial charge < -0.3 is 0 Å². The number of benzene rings is 2. The summed E-state index contributed by atoms with van der Waals surface area (Å²) in [6, 6.07) is 12.2. The fourth-order valence-corrected chi connectivity index (χ4v) is 4.26. The quantitative estimate of drug-likeness (QED) is 0.702. The molecule has 0 bridgehead atoms. The molecule has 1 aliphatic carbocycles. The van der Waals surface area contributed by atoms with Crippen molar-refractivity contribution in [3.63, 3.8) is 0 Å². The molecule has 148 valence electrons. The van der Waals surface area contributed by atoms with Crippen LogP contribution in [0.25, 0.3) is 0 Å². The van der Waals surface area contributed by atoms with Gasteiger partial charge >= 0.3 is 0 Å². The number of nitrogens with zero attached hydrogens (tertiary/aromatic N) is 1. The molecule has 0 radical (unpaired) electrons. The standard InChI is InChI=1S/C20H22ClN3O3S/c1-14-8-10-17(11-9-14)22-23-20(25)15-4-2-7-19(12-15)28(26,27)24-18-6-3-5-16(21)13-18/h2-7,12-14,24H,8-11H2,1H3,(H,23,25). The Bertz CT molecular complexity index is 995. The van der Waals surface area contributed by atoms with Gasteiger partial charge in [0.2, 0.25) is 0 Å². The van der Waals surface area contributed by atoms with E-state index >= 15 is 0 Å². The van der Waals surface area contributed by atoms with Crippen molar-refractivity contribution >= 4 is 38.9 Å². The maximum Gasteiger partial charge on any atom is 0.271 e. The van der Waals surface area contributed by atoms with Crippen molar-refractivity contribution in [2.45, 2.75) is 37.5 Å². The lowest BCUT2D eigenvalue weighted by Crippen LogP contribution is -2.22. The average molecular weight is 420 g/mol. The zero-order valence-electron chi connectivity index (χ0n) is 15.5. The van der Waals surface area contributed by atoms with Gasteiger partial charge in [-0.2, -0.15) is 5.10 Å². The summed E-state index contributed by atoms with van der Waals surface area (Å²) < 4.78 is 27.7. The van der Waals surface area contributed by atoms with Gasteiger partial charge in [0, 0.05) is 16.3 Å². The number of carbonyl (C=O) groups excluding carboxylic acids is 1. The topological polar surface area (TPSA) is 87.6 Å². The zero-order valence-corrected chi connectivity index (χ0v) is 17.1. The van der Waals surface area contributed by atoms with Gasteiger partial charge in [0.15, 0.2) is 0 Å². The molecule has 1 saturated carbocycles. The number of halogens is 1. The van der Waals surface area contributed by atoms with E-state index in [9.17, 15) is 13.2 Å². The first kappa shape index (κ1) is 20.4. The molecular formula is C20H22ClN3O3S. The Balaban J connectivity index is 1.72. The van der Waals surface area contributed by atoms with E-state index in [4.69, 9.17) is 11.6 Å². The number of rotatable bonds is 5. The molecule has 2 aromatic rings. The number of hydrogen-bond donors (Lipinski definition) is 2. The van der Waals surface area contributed by atoms with Crippen LogP contribution in [0.2, 0.25) is 5.02 Å². The first-order valence-electron chi connectivity index (χ1n) is 9.08. The largest absolute Gasteiger partial charge is 0.280 e. The Kier molecular flexibility index (Phi) is 6.36. The van der Waals surface area contributed by atoms with Crippen molar-refractivity contribution < 1.29 is 13.2 Å². The fraction of sp³-hybridized carbons (Fsp3) is 0.300. The van der Waals surface area contributed by atoms with Crippen LogP contribution in [-0.2, 0) is 10.0 Å². The van der Waals surface area contributed by atoms with E-state index in [1.165, 1.54) is 24.3 Å². The number of hydrazone groups is 1. The molecule has 0 atom stereocenters. The Labute approximate surface area is 170 Å². The predicted octanol–water partition coefficient (Wildman–Crippen LogP) is 4.44. The smallest absolute Gasteiger partial charge is 0.271 e. The highest BCUT2D eigenvalue weighted by atomic mass is 35.5. The molecule has 2 N–H and O–H groups in total. The molecule has 0 unspecified atom stereocenters. The van der Waals surface area contributed by atoms with E-state index in [0.717, 1.165) is 31.4 Å². The highest BCUT2D eigenvalue weighted by Crippen LogP contribution is 2.22. The van der Waals surface area contributed by atoms with E-state index in [-0.39, 0.29) is 10.5 Å². The summed E-state index contributed by atoms with van der Waals surface area (Å²) in [7, 11) is -3.85. The minimum atomic E-state index is -3.85. The molecule has 0 aromatic heterocycles. The summed E-state index contributed by atoms with van der Waals surface area (Å²) >= 11 is 5.89.